The number of hydrogen-bond donors (Lipinski definition) is 2. The maximum absolute atomic E-state index is 12.6. The minimum absolute atomic E-state index is 0.0789. The summed E-state index contributed by atoms with van der Waals surface area (Å²) in [4.78, 5) is 18.2. The Hall–Kier alpha value is -2.53. The van der Waals surface area contributed by atoms with E-state index in [1.165, 1.54) is 19.3 Å². The van der Waals surface area contributed by atoms with Gasteiger partial charge in [0.25, 0.3) is 5.91 Å². The number of fused-ring (bicyclic) bond motifs is 1. The largest absolute Gasteiger partial charge is 0.468 e. The fraction of sp³-hybridized carbons (Fsp3) is 0.350. The predicted octanol–water partition coefficient (Wildman–Crippen LogP) is 3.72. The monoisotopic (exact) mass is 337 g/mol. The third kappa shape index (κ3) is 3.46. The molecule has 1 saturated heterocycles. The van der Waals surface area contributed by atoms with Gasteiger partial charge in [0.15, 0.2) is 0 Å². The second kappa shape index (κ2) is 7.15. The Morgan fingerprint density at radius 2 is 2.00 bits per heavy atom. The molecule has 5 nitrogen and oxygen atoms in total. The van der Waals surface area contributed by atoms with Gasteiger partial charge in [-0.15, -0.1) is 0 Å². The summed E-state index contributed by atoms with van der Waals surface area (Å²) in [5, 5.41) is 4.12. The van der Waals surface area contributed by atoms with Crippen molar-refractivity contribution in [2.45, 2.75) is 25.3 Å². The maximum Gasteiger partial charge on any atom is 0.267 e. The molecule has 25 heavy (non-hydrogen) atoms. The first-order chi connectivity index (χ1) is 12.3. The van der Waals surface area contributed by atoms with E-state index in [1.54, 1.807) is 6.26 Å². The molecular formula is C20H23N3O2. The molecule has 3 aromatic rings. The third-order valence-electron chi connectivity index (χ3n) is 4.93. The lowest BCUT2D eigenvalue weighted by molar-refractivity contribution is 0.0910. The number of H-pyrrole nitrogens is 1. The molecule has 1 fully saturated rings. The van der Waals surface area contributed by atoms with Crippen molar-refractivity contribution in [3.8, 4) is 0 Å². The van der Waals surface area contributed by atoms with Crippen LogP contribution in [0.4, 0.5) is 0 Å². The Kier molecular flexibility index (Phi) is 4.57. The number of piperidine rings is 1. The summed E-state index contributed by atoms with van der Waals surface area (Å²) in [6.07, 6.45) is 5.38. The van der Waals surface area contributed by atoms with Gasteiger partial charge in [-0.3, -0.25) is 9.69 Å². The van der Waals surface area contributed by atoms with Crippen LogP contribution in [-0.4, -0.2) is 35.4 Å². The number of benzene rings is 1. The quantitative estimate of drug-likeness (QED) is 0.746. The number of nitrogens with zero attached hydrogens (tertiary/aromatic N) is 1. The fourth-order valence-electron chi connectivity index (χ4n) is 3.60. The van der Waals surface area contributed by atoms with E-state index >= 15 is 0 Å². The van der Waals surface area contributed by atoms with Gasteiger partial charge in [0, 0.05) is 17.4 Å². The Balaban J connectivity index is 1.47. The molecule has 0 aliphatic carbocycles. The highest BCUT2D eigenvalue weighted by Crippen LogP contribution is 2.24. The fourth-order valence-corrected chi connectivity index (χ4v) is 3.60. The Morgan fingerprint density at radius 3 is 2.76 bits per heavy atom. The molecule has 130 valence electrons. The van der Waals surface area contributed by atoms with Crippen molar-refractivity contribution in [2.75, 3.05) is 19.6 Å². The third-order valence-corrected chi connectivity index (χ3v) is 4.93. The highest BCUT2D eigenvalue weighted by atomic mass is 16.3. The van der Waals surface area contributed by atoms with Crippen LogP contribution in [0.15, 0.2) is 53.1 Å². The molecule has 1 aliphatic heterocycles. The summed E-state index contributed by atoms with van der Waals surface area (Å²) in [6.45, 7) is 2.64. The van der Waals surface area contributed by atoms with Gasteiger partial charge in [-0.25, -0.2) is 0 Å². The van der Waals surface area contributed by atoms with Gasteiger partial charge in [0.05, 0.1) is 12.3 Å². The second-order valence-electron chi connectivity index (χ2n) is 6.61. The second-order valence-corrected chi connectivity index (χ2v) is 6.61. The van der Waals surface area contributed by atoms with Crippen molar-refractivity contribution >= 4 is 16.8 Å². The van der Waals surface area contributed by atoms with Gasteiger partial charge in [0.2, 0.25) is 0 Å². The van der Waals surface area contributed by atoms with E-state index in [0.717, 1.165) is 29.8 Å². The van der Waals surface area contributed by atoms with Gasteiger partial charge in [0.1, 0.15) is 11.5 Å². The van der Waals surface area contributed by atoms with Gasteiger partial charge in [-0.05, 0) is 50.2 Å². The SMILES string of the molecule is O=C(NCC(c1ccco1)N1CCCCC1)c1cc2ccccc2[nH]1. The maximum atomic E-state index is 12.6. The topological polar surface area (TPSA) is 61.3 Å². The number of carbonyl (C=O) groups is 1. The van der Waals surface area contributed by atoms with E-state index in [9.17, 15) is 4.79 Å². The molecule has 3 heterocycles. The number of likely N-dealkylation sites (tertiary alicyclic amines) is 1. The van der Waals surface area contributed by atoms with E-state index in [1.807, 2.05) is 42.5 Å². The summed E-state index contributed by atoms with van der Waals surface area (Å²) >= 11 is 0. The molecule has 0 bridgehead atoms. The molecule has 2 N–H and O–H groups in total. The molecule has 1 aromatic carbocycles. The van der Waals surface area contributed by atoms with Crippen molar-refractivity contribution in [2.24, 2.45) is 0 Å². The van der Waals surface area contributed by atoms with Crippen LogP contribution in [0.5, 0.6) is 0 Å². The van der Waals surface area contributed by atoms with Crippen LogP contribution in [0.2, 0.25) is 0 Å². The zero-order chi connectivity index (χ0) is 17.1. The van der Waals surface area contributed by atoms with Crippen molar-refractivity contribution in [3.63, 3.8) is 0 Å². The molecule has 1 atom stereocenters. The number of nitrogens with one attached hydrogen (secondary N) is 2. The van der Waals surface area contributed by atoms with Gasteiger partial charge < -0.3 is 14.7 Å². The first kappa shape index (κ1) is 16.0. The van der Waals surface area contributed by atoms with E-state index in [4.69, 9.17) is 4.42 Å². The lowest BCUT2D eigenvalue weighted by atomic mass is 10.1. The Morgan fingerprint density at radius 1 is 1.16 bits per heavy atom. The molecule has 5 heteroatoms. The van der Waals surface area contributed by atoms with Crippen LogP contribution < -0.4 is 5.32 Å². The van der Waals surface area contributed by atoms with Crippen LogP contribution in [0.25, 0.3) is 10.9 Å². The van der Waals surface area contributed by atoms with Crippen LogP contribution in [0, 0.1) is 0 Å². The van der Waals surface area contributed by atoms with E-state index in [2.05, 4.69) is 15.2 Å². The van der Waals surface area contributed by atoms with E-state index in [0.29, 0.717) is 12.2 Å². The smallest absolute Gasteiger partial charge is 0.267 e. The molecule has 0 spiro atoms. The van der Waals surface area contributed by atoms with Gasteiger partial charge in [-0.1, -0.05) is 24.6 Å². The van der Waals surface area contributed by atoms with E-state index in [-0.39, 0.29) is 11.9 Å². The molecule has 0 saturated carbocycles. The lowest BCUT2D eigenvalue weighted by Crippen LogP contribution is -2.40. The van der Waals surface area contributed by atoms with Crippen molar-refractivity contribution in [1.29, 1.82) is 0 Å². The minimum Gasteiger partial charge on any atom is -0.468 e. The number of para-hydroxylation sites is 1. The van der Waals surface area contributed by atoms with Crippen molar-refractivity contribution < 1.29 is 9.21 Å². The predicted molar refractivity (Wildman–Crippen MR) is 97.5 cm³/mol. The summed E-state index contributed by atoms with van der Waals surface area (Å²) in [6, 6.07) is 13.8. The minimum atomic E-state index is -0.0789. The van der Waals surface area contributed by atoms with Crippen LogP contribution in [-0.2, 0) is 0 Å². The number of amides is 1. The Bertz CT molecular complexity index is 799. The molecular weight excluding hydrogens is 314 g/mol. The van der Waals surface area contributed by atoms with Crippen molar-refractivity contribution in [3.05, 3.63) is 60.2 Å². The number of hydrogen-bond acceptors (Lipinski definition) is 3. The van der Waals surface area contributed by atoms with Crippen LogP contribution in [0.3, 0.4) is 0 Å². The summed E-state index contributed by atoms with van der Waals surface area (Å²) in [7, 11) is 0. The normalized spacial score (nSPS) is 16.8. The average Bonchev–Trinajstić information content (AvgIpc) is 3.32. The standard InChI is InChI=1S/C20H23N3O2/c24-20(17-13-15-7-2-3-8-16(15)22-17)21-14-18(19-9-6-12-25-19)23-10-4-1-5-11-23/h2-3,6-9,12-13,18,22H,1,4-5,10-11,14H2,(H,21,24). The van der Waals surface area contributed by atoms with Crippen molar-refractivity contribution in [1.82, 2.24) is 15.2 Å². The summed E-state index contributed by atoms with van der Waals surface area (Å²) in [5.41, 5.74) is 1.57. The first-order valence-corrected chi connectivity index (χ1v) is 8.95. The Labute approximate surface area is 147 Å². The van der Waals surface area contributed by atoms with Crippen LogP contribution >= 0.6 is 0 Å². The highest BCUT2D eigenvalue weighted by Gasteiger charge is 2.25. The number of rotatable bonds is 5. The molecule has 1 aliphatic rings. The highest BCUT2D eigenvalue weighted by molar-refractivity contribution is 5.97. The van der Waals surface area contributed by atoms with Gasteiger partial charge in [-0.2, -0.15) is 0 Å². The average molecular weight is 337 g/mol. The number of furan rings is 1. The molecule has 4 rings (SSSR count). The number of carbonyl (C=O) groups excluding carboxylic acids is 1. The van der Waals surface area contributed by atoms with E-state index < -0.39 is 0 Å². The molecule has 1 unspecified atom stereocenters. The molecule has 1 amide bonds. The zero-order valence-corrected chi connectivity index (χ0v) is 14.2. The van der Waals surface area contributed by atoms with Gasteiger partial charge >= 0.3 is 0 Å². The lowest BCUT2D eigenvalue weighted by Gasteiger charge is -2.33. The summed E-state index contributed by atoms with van der Waals surface area (Å²) < 4.78 is 5.63. The first-order valence-electron chi connectivity index (χ1n) is 8.95. The molecule has 0 radical (unpaired) electrons. The number of aromatic nitrogens is 1. The molecule has 2 aromatic heterocycles. The number of aromatic amines is 1. The summed E-state index contributed by atoms with van der Waals surface area (Å²) in [5.74, 6) is 0.837. The zero-order valence-electron chi connectivity index (χ0n) is 14.2. The van der Waals surface area contributed by atoms with Crippen LogP contribution in [0.1, 0.15) is 41.6 Å².